The molecule has 7 heteroatoms. The maximum atomic E-state index is 6.23. The van der Waals surface area contributed by atoms with Gasteiger partial charge in [-0.3, -0.25) is 0 Å². The first kappa shape index (κ1) is 15.1. The van der Waals surface area contributed by atoms with Crippen LogP contribution >= 0.6 is 7.51 Å². The Hall–Kier alpha value is 0.190. The molecule has 0 bridgehead atoms. The molecule has 0 aromatic heterocycles. The van der Waals surface area contributed by atoms with Gasteiger partial charge in [0.2, 0.25) is 0 Å². The molecule has 3 heterocycles. The Morgan fingerprint density at radius 1 is 0.800 bits per heavy atom. The van der Waals surface area contributed by atoms with Gasteiger partial charge >= 0.3 is 120 Å². The fraction of sp³-hybridized carbons (Fsp3) is 1.00. The van der Waals surface area contributed by atoms with Crippen molar-refractivity contribution in [1.29, 1.82) is 0 Å². The second-order valence-electron chi connectivity index (χ2n) is 6.08. The first-order valence-electron chi connectivity index (χ1n) is 7.49. The van der Waals surface area contributed by atoms with Crippen LogP contribution in [0.1, 0.15) is 27.7 Å². The summed E-state index contributed by atoms with van der Waals surface area (Å²) < 4.78 is 30.3. The zero-order valence-corrected chi connectivity index (χ0v) is 13.7. The predicted molar refractivity (Wildman–Crippen MR) is 76.4 cm³/mol. The van der Waals surface area contributed by atoms with E-state index in [4.69, 9.17) is 22.8 Å². The van der Waals surface area contributed by atoms with E-state index in [-0.39, 0.29) is 24.4 Å². The summed E-state index contributed by atoms with van der Waals surface area (Å²) in [4.78, 5) is 2.27. The van der Waals surface area contributed by atoms with Crippen molar-refractivity contribution < 1.29 is 22.8 Å². The standard InChI is InChI=1S/C13H26NO5P/c1-10-11(2)17-20(16-10,18-12(3)13(4)19-20)9-14-5-7-15-8-6-14/h10-13H,5-9H2,1-4H3/t10-,11-,12-,13+/m0/s1. The van der Waals surface area contributed by atoms with Crippen LogP contribution in [-0.4, -0.2) is 61.9 Å². The SMILES string of the molecule is C[C@@H]1OP2(CN3CCOCC3)(O[C@H]1C)O[C@@H](C)[C@@H](C)O2. The van der Waals surface area contributed by atoms with Crippen LogP contribution in [0.25, 0.3) is 0 Å². The summed E-state index contributed by atoms with van der Waals surface area (Å²) in [5.74, 6) is 0. The average molecular weight is 307 g/mol. The minimum atomic E-state index is -3.48. The third-order valence-electron chi connectivity index (χ3n) is 4.34. The number of nitrogens with zero attached hydrogens (tertiary/aromatic N) is 1. The van der Waals surface area contributed by atoms with Crippen LogP contribution < -0.4 is 0 Å². The van der Waals surface area contributed by atoms with Gasteiger partial charge in [0.05, 0.1) is 0 Å². The van der Waals surface area contributed by atoms with E-state index in [2.05, 4.69) is 4.90 Å². The second kappa shape index (κ2) is 5.13. The quantitative estimate of drug-likeness (QED) is 0.729. The summed E-state index contributed by atoms with van der Waals surface area (Å²) in [6.07, 6.45) is 0.549. The van der Waals surface area contributed by atoms with E-state index in [0.717, 1.165) is 26.3 Å². The fourth-order valence-electron chi connectivity index (χ4n) is 2.98. The number of hydrogen-bond acceptors (Lipinski definition) is 6. The number of hydrogen-bond donors (Lipinski definition) is 0. The first-order valence-corrected chi connectivity index (χ1v) is 9.58. The average Bonchev–Trinajstić information content (AvgIpc) is 2.75. The Morgan fingerprint density at radius 2 is 1.20 bits per heavy atom. The monoisotopic (exact) mass is 307 g/mol. The predicted octanol–water partition coefficient (Wildman–Crippen LogP) is 2.14. The van der Waals surface area contributed by atoms with Gasteiger partial charge in [-0.05, 0) is 0 Å². The molecule has 0 N–H and O–H groups in total. The van der Waals surface area contributed by atoms with Crippen molar-refractivity contribution in [2.75, 3.05) is 32.6 Å². The Balaban J connectivity index is 1.85. The molecular formula is C13H26NO5P. The number of ether oxygens (including phenoxy) is 1. The molecule has 3 fully saturated rings. The molecule has 3 aliphatic rings. The van der Waals surface area contributed by atoms with E-state index in [0.29, 0.717) is 6.29 Å². The first-order chi connectivity index (χ1) is 9.41. The van der Waals surface area contributed by atoms with Gasteiger partial charge in [-0.2, -0.15) is 0 Å². The summed E-state index contributed by atoms with van der Waals surface area (Å²) in [6.45, 7) is 11.3. The van der Waals surface area contributed by atoms with Crippen LogP contribution in [0, 0.1) is 0 Å². The van der Waals surface area contributed by atoms with Crippen molar-refractivity contribution >= 4 is 7.51 Å². The number of morpholine rings is 1. The van der Waals surface area contributed by atoms with Crippen LogP contribution in [-0.2, 0) is 22.8 Å². The second-order valence-corrected chi connectivity index (χ2v) is 9.13. The Bertz CT molecular complexity index is 324. The fourth-order valence-corrected chi connectivity index (χ4v) is 7.74. The number of rotatable bonds is 2. The zero-order valence-electron chi connectivity index (χ0n) is 12.8. The van der Waals surface area contributed by atoms with E-state index in [1.807, 2.05) is 27.7 Å². The van der Waals surface area contributed by atoms with E-state index in [9.17, 15) is 0 Å². The topological polar surface area (TPSA) is 49.4 Å². The van der Waals surface area contributed by atoms with Crippen LogP contribution in [0.2, 0.25) is 0 Å². The van der Waals surface area contributed by atoms with Crippen molar-refractivity contribution in [3.05, 3.63) is 0 Å². The Kier molecular flexibility index (Phi) is 3.87. The Labute approximate surface area is 120 Å². The maximum absolute atomic E-state index is 6.23. The molecule has 0 aromatic rings. The van der Waals surface area contributed by atoms with Gasteiger partial charge in [0.15, 0.2) is 0 Å². The molecule has 0 aliphatic carbocycles. The summed E-state index contributed by atoms with van der Waals surface area (Å²) in [6, 6.07) is 0. The molecule has 3 aliphatic heterocycles. The van der Waals surface area contributed by atoms with E-state index < -0.39 is 7.51 Å². The van der Waals surface area contributed by atoms with Gasteiger partial charge in [-0.25, -0.2) is 0 Å². The van der Waals surface area contributed by atoms with Crippen LogP contribution in [0.4, 0.5) is 0 Å². The van der Waals surface area contributed by atoms with Crippen LogP contribution in [0.5, 0.6) is 0 Å². The third kappa shape index (κ3) is 2.52. The molecular weight excluding hydrogens is 281 g/mol. The van der Waals surface area contributed by atoms with Crippen molar-refractivity contribution in [3.8, 4) is 0 Å². The molecule has 0 unspecified atom stereocenters. The molecule has 0 saturated carbocycles. The third-order valence-corrected chi connectivity index (χ3v) is 8.16. The summed E-state index contributed by atoms with van der Waals surface area (Å²) >= 11 is 0. The van der Waals surface area contributed by atoms with Crippen molar-refractivity contribution in [2.45, 2.75) is 52.1 Å². The molecule has 118 valence electrons. The molecule has 0 radical (unpaired) electrons. The van der Waals surface area contributed by atoms with Gasteiger partial charge < -0.3 is 0 Å². The molecule has 3 rings (SSSR count). The van der Waals surface area contributed by atoms with Gasteiger partial charge in [0.1, 0.15) is 0 Å². The molecule has 1 spiro atoms. The van der Waals surface area contributed by atoms with Gasteiger partial charge in [0, 0.05) is 0 Å². The molecule has 20 heavy (non-hydrogen) atoms. The van der Waals surface area contributed by atoms with Crippen LogP contribution in [0.15, 0.2) is 0 Å². The summed E-state index contributed by atoms with van der Waals surface area (Å²) in [5.41, 5.74) is 0. The molecule has 4 atom stereocenters. The van der Waals surface area contributed by atoms with Crippen molar-refractivity contribution in [3.63, 3.8) is 0 Å². The Morgan fingerprint density at radius 3 is 1.60 bits per heavy atom. The molecule has 0 aromatic carbocycles. The van der Waals surface area contributed by atoms with Crippen LogP contribution in [0.3, 0.4) is 0 Å². The van der Waals surface area contributed by atoms with Crippen molar-refractivity contribution in [2.24, 2.45) is 0 Å². The minimum absolute atomic E-state index is 0.00814. The molecule has 3 saturated heterocycles. The summed E-state index contributed by atoms with van der Waals surface area (Å²) in [7, 11) is -3.48. The van der Waals surface area contributed by atoms with E-state index in [1.54, 1.807) is 0 Å². The van der Waals surface area contributed by atoms with Gasteiger partial charge in [-0.1, -0.05) is 0 Å². The summed E-state index contributed by atoms with van der Waals surface area (Å²) in [5, 5.41) is 0. The van der Waals surface area contributed by atoms with E-state index >= 15 is 0 Å². The van der Waals surface area contributed by atoms with Crippen molar-refractivity contribution in [1.82, 2.24) is 4.90 Å². The normalized spacial score (nSPS) is 46.3. The molecule has 0 amide bonds. The van der Waals surface area contributed by atoms with Gasteiger partial charge in [-0.15, -0.1) is 0 Å². The van der Waals surface area contributed by atoms with Gasteiger partial charge in [0.25, 0.3) is 0 Å². The van der Waals surface area contributed by atoms with E-state index in [1.165, 1.54) is 0 Å². The molecule has 6 nitrogen and oxygen atoms in total. The zero-order chi connectivity index (χ0) is 14.4.